The van der Waals surface area contributed by atoms with Crippen molar-refractivity contribution in [2.24, 2.45) is 0 Å². The molecule has 9 heteroatoms. The van der Waals surface area contributed by atoms with Crippen LogP contribution in [0.5, 0.6) is 0 Å². The molecule has 1 aliphatic rings. The smallest absolute Gasteiger partial charge is 0.262 e. The van der Waals surface area contributed by atoms with Gasteiger partial charge in [0.25, 0.3) is 5.91 Å². The highest BCUT2D eigenvalue weighted by Crippen LogP contribution is 2.24. The molecule has 3 atom stereocenters. The zero-order chi connectivity index (χ0) is 21.7. The lowest BCUT2D eigenvalue weighted by Gasteiger charge is -2.22. The van der Waals surface area contributed by atoms with Crippen molar-refractivity contribution in [1.82, 2.24) is 21.1 Å². The van der Waals surface area contributed by atoms with E-state index >= 15 is 0 Å². The van der Waals surface area contributed by atoms with Crippen LogP contribution in [-0.2, 0) is 4.79 Å². The van der Waals surface area contributed by atoms with Gasteiger partial charge in [-0.05, 0) is 71.9 Å². The second-order valence-electron chi connectivity index (χ2n) is 7.53. The van der Waals surface area contributed by atoms with Crippen molar-refractivity contribution < 1.29 is 14.0 Å². The summed E-state index contributed by atoms with van der Waals surface area (Å²) in [7, 11) is 1.76. The van der Waals surface area contributed by atoms with Crippen molar-refractivity contribution in [3.05, 3.63) is 56.4 Å². The van der Waals surface area contributed by atoms with Gasteiger partial charge in [0.1, 0.15) is 11.9 Å². The summed E-state index contributed by atoms with van der Waals surface area (Å²) in [4.78, 5) is 27.0. The van der Waals surface area contributed by atoms with Crippen LogP contribution in [0.15, 0.2) is 40.2 Å². The van der Waals surface area contributed by atoms with Gasteiger partial charge in [0.2, 0.25) is 5.91 Å². The van der Waals surface area contributed by atoms with E-state index in [1.54, 1.807) is 37.1 Å². The monoisotopic (exact) mass is 496 g/mol. The molecule has 0 radical (unpaired) electrons. The van der Waals surface area contributed by atoms with Crippen molar-refractivity contribution in [1.29, 1.82) is 0 Å². The minimum atomic E-state index is -0.586. The number of carbonyl (C=O) groups is 2. The van der Waals surface area contributed by atoms with E-state index in [1.165, 1.54) is 23.5 Å². The molecule has 162 valence electrons. The molecular weight excluding hydrogens is 471 g/mol. The molecule has 1 aromatic heterocycles. The number of carbonyl (C=O) groups excluding carboxylic acids is 2. The summed E-state index contributed by atoms with van der Waals surface area (Å²) in [6.07, 6.45) is 2.66. The maximum atomic E-state index is 13.1. The predicted octanol–water partition coefficient (Wildman–Crippen LogP) is 3.61. The summed E-state index contributed by atoms with van der Waals surface area (Å²) >= 11 is 4.67. The van der Waals surface area contributed by atoms with Crippen LogP contribution in [0.1, 0.15) is 47.5 Å². The van der Waals surface area contributed by atoms with Gasteiger partial charge in [-0.2, -0.15) is 0 Å². The molecule has 0 spiro atoms. The fourth-order valence-corrected chi connectivity index (χ4v) is 4.80. The molecule has 3 N–H and O–H groups in total. The van der Waals surface area contributed by atoms with Gasteiger partial charge >= 0.3 is 0 Å². The van der Waals surface area contributed by atoms with Crippen LogP contribution in [0.3, 0.4) is 0 Å². The molecule has 1 saturated heterocycles. The van der Waals surface area contributed by atoms with Crippen LogP contribution in [-0.4, -0.2) is 42.4 Å². The Bertz CT molecular complexity index is 876. The second kappa shape index (κ2) is 10.5. The van der Waals surface area contributed by atoms with Crippen molar-refractivity contribution in [3.8, 4) is 0 Å². The van der Waals surface area contributed by atoms with Gasteiger partial charge in [-0.15, -0.1) is 11.3 Å². The number of nitrogens with zero attached hydrogens (tertiary/aromatic N) is 1. The summed E-state index contributed by atoms with van der Waals surface area (Å²) in [5.74, 6) is -0.587. The molecule has 0 bridgehead atoms. The van der Waals surface area contributed by atoms with E-state index in [1.807, 2.05) is 6.07 Å². The zero-order valence-corrected chi connectivity index (χ0v) is 19.4. The first-order valence-corrected chi connectivity index (χ1v) is 11.5. The first kappa shape index (κ1) is 22.9. The zero-order valence-electron chi connectivity index (χ0n) is 17.0. The number of halogens is 2. The van der Waals surface area contributed by atoms with Gasteiger partial charge in [-0.3, -0.25) is 20.4 Å². The molecule has 30 heavy (non-hydrogen) atoms. The number of rotatable bonds is 8. The third kappa shape index (κ3) is 6.10. The Morgan fingerprint density at radius 3 is 2.67 bits per heavy atom. The number of amides is 2. The minimum Gasteiger partial charge on any atom is -0.344 e. The third-order valence-electron chi connectivity index (χ3n) is 5.19. The quantitative estimate of drug-likeness (QED) is 0.521. The van der Waals surface area contributed by atoms with Gasteiger partial charge < -0.3 is 10.2 Å². The molecule has 1 aliphatic heterocycles. The molecule has 1 aromatic carbocycles. The molecule has 2 heterocycles. The number of likely N-dealkylation sites (N-methyl/N-ethyl adjacent to an activating group) is 1. The molecule has 0 saturated carbocycles. The van der Waals surface area contributed by atoms with E-state index in [9.17, 15) is 14.0 Å². The van der Waals surface area contributed by atoms with E-state index in [-0.39, 0.29) is 29.7 Å². The number of hydrogen-bond acceptors (Lipinski definition) is 5. The lowest BCUT2D eigenvalue weighted by molar-refractivity contribution is -0.131. The topological polar surface area (TPSA) is 73.5 Å². The summed E-state index contributed by atoms with van der Waals surface area (Å²) in [5.41, 5.74) is 7.60. The van der Waals surface area contributed by atoms with Crippen molar-refractivity contribution in [2.75, 3.05) is 13.6 Å². The number of nitrogens with one attached hydrogen (secondary N) is 3. The maximum absolute atomic E-state index is 13.1. The van der Waals surface area contributed by atoms with Crippen LogP contribution >= 0.6 is 27.3 Å². The Morgan fingerprint density at radius 1 is 1.27 bits per heavy atom. The second-order valence-corrected chi connectivity index (χ2v) is 9.99. The van der Waals surface area contributed by atoms with E-state index in [4.69, 9.17) is 0 Å². The molecule has 2 amide bonds. The maximum Gasteiger partial charge on any atom is 0.262 e. The van der Waals surface area contributed by atoms with Crippen LogP contribution in [0, 0.1) is 5.82 Å². The Balaban J connectivity index is 1.38. The van der Waals surface area contributed by atoms with E-state index in [0.29, 0.717) is 11.4 Å². The molecule has 1 fully saturated rings. The molecule has 3 rings (SSSR count). The van der Waals surface area contributed by atoms with E-state index in [0.717, 1.165) is 28.6 Å². The first-order valence-electron chi connectivity index (χ1n) is 9.91. The van der Waals surface area contributed by atoms with Gasteiger partial charge in [0.05, 0.1) is 8.66 Å². The summed E-state index contributed by atoms with van der Waals surface area (Å²) in [6.45, 7) is 2.32. The Morgan fingerprint density at radius 2 is 2.00 bits per heavy atom. The largest absolute Gasteiger partial charge is 0.344 e. The van der Waals surface area contributed by atoms with E-state index < -0.39 is 6.04 Å². The molecule has 2 aromatic rings. The Hall–Kier alpha value is -1.81. The van der Waals surface area contributed by atoms with Gasteiger partial charge in [-0.1, -0.05) is 12.1 Å². The summed E-state index contributed by atoms with van der Waals surface area (Å²) in [5, 5.41) is 2.76. The predicted molar refractivity (Wildman–Crippen MR) is 120 cm³/mol. The fourth-order valence-electron chi connectivity index (χ4n) is 3.51. The molecular formula is C21H26BrFN4O2S. The third-order valence-corrected chi connectivity index (χ3v) is 6.81. The highest BCUT2D eigenvalue weighted by molar-refractivity contribution is 9.11. The number of hydrazine groups is 1. The number of benzene rings is 1. The SMILES string of the molecule is CC(NC(=O)c1ccc(Br)s1)C(=O)N(C)CCCC1CC(c2ccc(F)cc2)NN1. The average Bonchev–Trinajstić information content (AvgIpc) is 3.37. The molecule has 3 unspecified atom stereocenters. The highest BCUT2D eigenvalue weighted by atomic mass is 79.9. The highest BCUT2D eigenvalue weighted by Gasteiger charge is 2.25. The van der Waals surface area contributed by atoms with Gasteiger partial charge in [0, 0.05) is 25.7 Å². The first-order chi connectivity index (χ1) is 14.3. The van der Waals surface area contributed by atoms with Crippen LogP contribution < -0.4 is 16.2 Å². The Labute approximate surface area is 188 Å². The standard InChI is InChI=1S/C21H26BrFN4O2S/c1-13(24-20(28)18-9-10-19(22)30-18)21(29)27(2)11-3-4-16-12-17(26-25-16)14-5-7-15(23)8-6-14/h5-10,13,16-17,25-26H,3-4,11-12H2,1-2H3,(H,24,28). The number of hydrogen-bond donors (Lipinski definition) is 3. The average molecular weight is 497 g/mol. The van der Waals surface area contributed by atoms with Crippen molar-refractivity contribution in [2.45, 2.75) is 44.3 Å². The minimum absolute atomic E-state index is 0.110. The van der Waals surface area contributed by atoms with E-state index in [2.05, 4.69) is 32.1 Å². The normalized spacial score (nSPS) is 19.5. The molecule has 6 nitrogen and oxygen atoms in total. The number of thiophene rings is 1. The Kier molecular flexibility index (Phi) is 7.99. The lowest BCUT2D eigenvalue weighted by atomic mass is 9.99. The summed E-state index contributed by atoms with van der Waals surface area (Å²) < 4.78 is 14.0. The fraction of sp³-hybridized carbons (Fsp3) is 0.429. The van der Waals surface area contributed by atoms with Crippen molar-refractivity contribution in [3.63, 3.8) is 0 Å². The summed E-state index contributed by atoms with van der Waals surface area (Å²) in [6, 6.07) is 9.95. The van der Waals surface area contributed by atoms with Crippen molar-refractivity contribution >= 4 is 39.1 Å². The van der Waals surface area contributed by atoms with Gasteiger partial charge in [-0.25, -0.2) is 4.39 Å². The van der Waals surface area contributed by atoms with Crippen LogP contribution in [0.25, 0.3) is 0 Å². The van der Waals surface area contributed by atoms with Crippen LogP contribution in [0.4, 0.5) is 4.39 Å². The molecule has 0 aliphatic carbocycles. The lowest BCUT2D eigenvalue weighted by Crippen LogP contribution is -2.45. The van der Waals surface area contributed by atoms with Crippen LogP contribution in [0.2, 0.25) is 0 Å². The van der Waals surface area contributed by atoms with Gasteiger partial charge in [0.15, 0.2) is 0 Å².